The van der Waals surface area contributed by atoms with Crippen molar-refractivity contribution < 1.29 is 0 Å². The van der Waals surface area contributed by atoms with E-state index in [2.05, 4.69) is 22.4 Å². The van der Waals surface area contributed by atoms with Gasteiger partial charge in [0.05, 0.1) is 6.04 Å². The summed E-state index contributed by atoms with van der Waals surface area (Å²) < 4.78 is 1.77. The van der Waals surface area contributed by atoms with E-state index in [-0.39, 0.29) is 0 Å². The second kappa shape index (κ2) is 3.32. The lowest BCUT2D eigenvalue weighted by atomic mass is 9.86. The first-order valence-electron chi connectivity index (χ1n) is 4.82. The van der Waals surface area contributed by atoms with Gasteiger partial charge in [-0.2, -0.15) is 0 Å². The number of rotatable bonds is 1. The number of anilines is 1. The SMILES string of the molecule is CC1CCCCC1n1nnnc1N. The number of nitrogens with zero attached hydrogens (tertiary/aromatic N) is 4. The van der Waals surface area contributed by atoms with Gasteiger partial charge in [0.25, 0.3) is 0 Å². The summed E-state index contributed by atoms with van der Waals surface area (Å²) >= 11 is 0. The van der Waals surface area contributed by atoms with Crippen LogP contribution in [0.4, 0.5) is 5.95 Å². The molecule has 1 heterocycles. The van der Waals surface area contributed by atoms with Gasteiger partial charge < -0.3 is 5.73 Å². The van der Waals surface area contributed by atoms with Crippen LogP contribution in [0.1, 0.15) is 38.6 Å². The summed E-state index contributed by atoms with van der Waals surface area (Å²) in [6.07, 6.45) is 4.98. The highest BCUT2D eigenvalue weighted by molar-refractivity contribution is 5.11. The highest BCUT2D eigenvalue weighted by Crippen LogP contribution is 2.33. The number of nitrogen functional groups attached to an aromatic ring is 1. The molecule has 1 aliphatic carbocycles. The molecule has 0 amide bonds. The molecular weight excluding hydrogens is 166 g/mol. The van der Waals surface area contributed by atoms with Crippen molar-refractivity contribution in [3.63, 3.8) is 0 Å². The molecule has 5 heteroatoms. The molecule has 0 radical (unpaired) electrons. The molecule has 0 aliphatic heterocycles. The maximum atomic E-state index is 5.66. The fourth-order valence-electron chi connectivity index (χ4n) is 2.10. The van der Waals surface area contributed by atoms with Crippen LogP contribution < -0.4 is 5.73 Å². The zero-order chi connectivity index (χ0) is 9.26. The van der Waals surface area contributed by atoms with E-state index < -0.39 is 0 Å². The predicted octanol–water partition coefficient (Wildman–Crippen LogP) is 1.01. The van der Waals surface area contributed by atoms with E-state index in [0.717, 1.165) is 6.42 Å². The summed E-state index contributed by atoms with van der Waals surface area (Å²) in [7, 11) is 0. The Hall–Kier alpha value is -1.13. The summed E-state index contributed by atoms with van der Waals surface area (Å²) in [6.45, 7) is 2.24. The molecule has 1 aliphatic rings. The molecule has 2 N–H and O–H groups in total. The fourth-order valence-corrected chi connectivity index (χ4v) is 2.10. The molecular formula is C8H15N5. The van der Waals surface area contributed by atoms with Crippen LogP contribution in [0, 0.1) is 5.92 Å². The normalized spacial score (nSPS) is 29.0. The average Bonchev–Trinajstić information content (AvgIpc) is 2.52. The van der Waals surface area contributed by atoms with Crippen molar-refractivity contribution >= 4 is 5.95 Å². The van der Waals surface area contributed by atoms with Gasteiger partial charge in [0, 0.05) is 0 Å². The van der Waals surface area contributed by atoms with E-state index >= 15 is 0 Å². The first-order valence-corrected chi connectivity index (χ1v) is 4.82. The molecule has 1 aromatic heterocycles. The molecule has 72 valence electrons. The number of aromatic nitrogens is 4. The smallest absolute Gasteiger partial charge is 0.240 e. The highest BCUT2D eigenvalue weighted by Gasteiger charge is 2.25. The van der Waals surface area contributed by atoms with Gasteiger partial charge in [-0.25, -0.2) is 4.68 Å². The number of hydrogen-bond acceptors (Lipinski definition) is 4. The van der Waals surface area contributed by atoms with Crippen molar-refractivity contribution in [1.82, 2.24) is 20.2 Å². The van der Waals surface area contributed by atoms with Crippen molar-refractivity contribution in [2.75, 3.05) is 5.73 Å². The Kier molecular flexibility index (Phi) is 2.16. The quantitative estimate of drug-likeness (QED) is 0.701. The average molecular weight is 181 g/mol. The van der Waals surface area contributed by atoms with Gasteiger partial charge in [0.15, 0.2) is 0 Å². The molecule has 0 spiro atoms. The first-order chi connectivity index (χ1) is 6.29. The molecule has 2 atom stereocenters. The standard InChI is InChI=1S/C8H15N5/c1-6-4-2-3-5-7(6)13-8(9)10-11-12-13/h6-7H,2-5H2,1H3,(H2,9,10,12). The Morgan fingerprint density at radius 3 is 2.77 bits per heavy atom. The first kappa shape index (κ1) is 8.47. The van der Waals surface area contributed by atoms with E-state index in [4.69, 9.17) is 5.73 Å². The van der Waals surface area contributed by atoms with Crippen LogP contribution in [0.3, 0.4) is 0 Å². The van der Waals surface area contributed by atoms with Crippen molar-refractivity contribution in [3.05, 3.63) is 0 Å². The van der Waals surface area contributed by atoms with Crippen LogP contribution in [-0.4, -0.2) is 20.2 Å². The Morgan fingerprint density at radius 2 is 2.15 bits per heavy atom. The maximum absolute atomic E-state index is 5.66. The van der Waals surface area contributed by atoms with Gasteiger partial charge in [-0.15, -0.1) is 0 Å². The van der Waals surface area contributed by atoms with Gasteiger partial charge in [-0.3, -0.25) is 0 Å². The van der Waals surface area contributed by atoms with Crippen LogP contribution in [0.5, 0.6) is 0 Å². The second-order valence-electron chi connectivity index (χ2n) is 3.81. The molecule has 5 nitrogen and oxygen atoms in total. The lowest BCUT2D eigenvalue weighted by Gasteiger charge is -2.28. The van der Waals surface area contributed by atoms with Crippen LogP contribution in [0.25, 0.3) is 0 Å². The summed E-state index contributed by atoms with van der Waals surface area (Å²) in [4.78, 5) is 0. The molecule has 1 saturated carbocycles. The van der Waals surface area contributed by atoms with E-state index in [9.17, 15) is 0 Å². The van der Waals surface area contributed by atoms with Gasteiger partial charge in [-0.1, -0.05) is 24.9 Å². The van der Waals surface area contributed by atoms with E-state index in [1.165, 1.54) is 19.3 Å². The number of tetrazole rings is 1. The monoisotopic (exact) mass is 181 g/mol. The summed E-state index contributed by atoms with van der Waals surface area (Å²) in [5, 5.41) is 11.2. The van der Waals surface area contributed by atoms with Crippen molar-refractivity contribution in [2.24, 2.45) is 5.92 Å². The van der Waals surface area contributed by atoms with Crippen LogP contribution >= 0.6 is 0 Å². The summed E-state index contributed by atoms with van der Waals surface area (Å²) in [5.74, 6) is 1.08. The molecule has 13 heavy (non-hydrogen) atoms. The minimum Gasteiger partial charge on any atom is -0.367 e. The summed E-state index contributed by atoms with van der Waals surface area (Å²) in [6, 6.07) is 0.406. The minimum absolute atomic E-state index is 0.406. The van der Waals surface area contributed by atoms with E-state index in [0.29, 0.717) is 17.9 Å². The van der Waals surface area contributed by atoms with Gasteiger partial charge >= 0.3 is 0 Å². The maximum Gasteiger partial charge on any atom is 0.240 e. The van der Waals surface area contributed by atoms with Gasteiger partial charge in [0.2, 0.25) is 5.95 Å². The Bertz CT molecular complexity index is 282. The zero-order valence-corrected chi connectivity index (χ0v) is 7.85. The van der Waals surface area contributed by atoms with E-state index in [1.807, 2.05) is 0 Å². The number of hydrogen-bond donors (Lipinski definition) is 1. The Balaban J connectivity index is 2.19. The minimum atomic E-state index is 0.406. The van der Waals surface area contributed by atoms with Crippen molar-refractivity contribution in [2.45, 2.75) is 38.6 Å². The molecule has 1 aromatic rings. The van der Waals surface area contributed by atoms with Crippen LogP contribution in [-0.2, 0) is 0 Å². The largest absolute Gasteiger partial charge is 0.367 e. The Labute approximate surface area is 77.3 Å². The van der Waals surface area contributed by atoms with E-state index in [1.54, 1.807) is 4.68 Å². The van der Waals surface area contributed by atoms with Gasteiger partial charge in [0.1, 0.15) is 0 Å². The molecule has 0 bridgehead atoms. The van der Waals surface area contributed by atoms with Crippen LogP contribution in [0.2, 0.25) is 0 Å². The highest BCUT2D eigenvalue weighted by atomic mass is 15.6. The molecule has 2 rings (SSSR count). The zero-order valence-electron chi connectivity index (χ0n) is 7.85. The lowest BCUT2D eigenvalue weighted by molar-refractivity contribution is 0.239. The Morgan fingerprint density at radius 1 is 1.38 bits per heavy atom. The fraction of sp³-hybridized carbons (Fsp3) is 0.875. The molecule has 2 unspecified atom stereocenters. The number of nitrogens with two attached hydrogens (primary N) is 1. The molecule has 0 saturated heterocycles. The molecule has 1 fully saturated rings. The van der Waals surface area contributed by atoms with Gasteiger partial charge in [-0.05, 0) is 29.2 Å². The summed E-state index contributed by atoms with van der Waals surface area (Å²) in [5.41, 5.74) is 5.66. The third-order valence-electron chi connectivity index (χ3n) is 2.90. The molecule has 0 aromatic carbocycles. The predicted molar refractivity (Wildman–Crippen MR) is 48.9 cm³/mol. The second-order valence-corrected chi connectivity index (χ2v) is 3.81. The topological polar surface area (TPSA) is 69.6 Å². The third kappa shape index (κ3) is 1.50. The lowest BCUT2D eigenvalue weighted by Crippen LogP contribution is -2.23. The van der Waals surface area contributed by atoms with Crippen molar-refractivity contribution in [1.29, 1.82) is 0 Å². The van der Waals surface area contributed by atoms with Crippen LogP contribution in [0.15, 0.2) is 0 Å². The van der Waals surface area contributed by atoms with Crippen molar-refractivity contribution in [3.8, 4) is 0 Å². The third-order valence-corrected chi connectivity index (χ3v) is 2.90.